The summed E-state index contributed by atoms with van der Waals surface area (Å²) in [5, 5.41) is 23.2. The lowest BCUT2D eigenvalue weighted by Gasteiger charge is -2.13. The van der Waals surface area contributed by atoms with E-state index in [1.165, 1.54) is 24.3 Å². The molecular weight excluding hydrogens is 406 g/mol. The van der Waals surface area contributed by atoms with E-state index in [2.05, 4.69) is 5.32 Å². The van der Waals surface area contributed by atoms with Gasteiger partial charge in [-0.25, -0.2) is 0 Å². The van der Waals surface area contributed by atoms with Crippen LogP contribution in [0.5, 0.6) is 0 Å². The Labute approximate surface area is 177 Å². The third kappa shape index (κ3) is 4.74. The van der Waals surface area contributed by atoms with Gasteiger partial charge in [-0.3, -0.25) is 14.9 Å². The highest BCUT2D eigenvalue weighted by Crippen LogP contribution is 2.32. The Balaban J connectivity index is 1.79. The molecule has 3 rings (SSSR count). The number of non-ortho nitro benzene ring substituents is 1. The molecule has 0 radical (unpaired) electrons. The van der Waals surface area contributed by atoms with Gasteiger partial charge in [0, 0.05) is 23.8 Å². The molecule has 0 bridgehead atoms. The molecule has 1 amide bonds. The van der Waals surface area contributed by atoms with Crippen LogP contribution in [0.25, 0.3) is 17.4 Å². The molecule has 1 N–H and O–H groups in total. The van der Waals surface area contributed by atoms with E-state index in [1.807, 2.05) is 43.3 Å². The standard InChI is InChI=1S/C22H16ClN3O4/c1-14(15-5-3-2-4-6-15)25-22(27)16(13-24)11-18-8-10-21(30-18)19-9-7-17(26(28)29)12-20(19)23/h2-12,14H,1H3,(H,25,27)/b16-11-/t14-/m1/s1. The SMILES string of the molecule is C[C@@H](NC(=O)/C(C#N)=C\c1ccc(-c2ccc([N+](=O)[O-])cc2Cl)o1)c1ccccc1. The quantitative estimate of drug-likeness (QED) is 0.251. The van der Waals surface area contributed by atoms with Crippen molar-refractivity contribution in [2.45, 2.75) is 13.0 Å². The van der Waals surface area contributed by atoms with Gasteiger partial charge in [-0.1, -0.05) is 41.9 Å². The lowest BCUT2D eigenvalue weighted by atomic mass is 10.1. The molecule has 1 atom stereocenters. The van der Waals surface area contributed by atoms with Crippen molar-refractivity contribution in [3.05, 3.63) is 92.7 Å². The number of nitriles is 1. The number of furan rings is 1. The van der Waals surface area contributed by atoms with Gasteiger partial charge in [-0.05, 0) is 30.7 Å². The minimum absolute atomic E-state index is 0.117. The number of nitrogens with zero attached hydrogens (tertiary/aromatic N) is 2. The van der Waals surface area contributed by atoms with Gasteiger partial charge >= 0.3 is 0 Å². The number of nitro benzene ring substituents is 1. The van der Waals surface area contributed by atoms with E-state index < -0.39 is 10.8 Å². The van der Waals surface area contributed by atoms with Gasteiger partial charge in [0.2, 0.25) is 0 Å². The number of carbonyl (C=O) groups excluding carboxylic acids is 1. The van der Waals surface area contributed by atoms with Crippen molar-refractivity contribution in [2.75, 3.05) is 0 Å². The summed E-state index contributed by atoms with van der Waals surface area (Å²) in [6.45, 7) is 1.82. The van der Waals surface area contributed by atoms with Crippen LogP contribution in [-0.4, -0.2) is 10.8 Å². The Morgan fingerprint density at radius 3 is 2.60 bits per heavy atom. The van der Waals surface area contributed by atoms with E-state index in [1.54, 1.807) is 12.1 Å². The molecule has 30 heavy (non-hydrogen) atoms. The van der Waals surface area contributed by atoms with Gasteiger partial charge in [0.15, 0.2) is 0 Å². The van der Waals surface area contributed by atoms with Crippen molar-refractivity contribution in [3.8, 4) is 17.4 Å². The number of nitrogens with one attached hydrogen (secondary N) is 1. The molecular formula is C22H16ClN3O4. The molecule has 0 spiro atoms. The zero-order valence-electron chi connectivity index (χ0n) is 15.8. The van der Waals surface area contributed by atoms with Crippen molar-refractivity contribution in [1.82, 2.24) is 5.32 Å². The average molecular weight is 422 g/mol. The van der Waals surface area contributed by atoms with E-state index in [0.717, 1.165) is 5.56 Å². The maximum atomic E-state index is 12.5. The molecule has 3 aromatic rings. The monoisotopic (exact) mass is 421 g/mol. The number of rotatable bonds is 6. The van der Waals surface area contributed by atoms with Crippen LogP contribution in [0, 0.1) is 21.4 Å². The molecule has 2 aromatic carbocycles. The fraction of sp³-hybridized carbons (Fsp3) is 0.0909. The summed E-state index contributed by atoms with van der Waals surface area (Å²) in [5.74, 6) is 0.107. The third-order valence-corrected chi connectivity index (χ3v) is 4.67. The number of hydrogen-bond donors (Lipinski definition) is 1. The molecule has 0 saturated heterocycles. The van der Waals surface area contributed by atoms with Crippen LogP contribution < -0.4 is 5.32 Å². The summed E-state index contributed by atoms with van der Waals surface area (Å²) >= 11 is 6.12. The molecule has 0 saturated carbocycles. The molecule has 1 heterocycles. The number of amides is 1. The molecule has 8 heteroatoms. The van der Waals surface area contributed by atoms with Crippen LogP contribution in [0.3, 0.4) is 0 Å². The van der Waals surface area contributed by atoms with Crippen LogP contribution in [-0.2, 0) is 4.79 Å². The van der Waals surface area contributed by atoms with E-state index in [4.69, 9.17) is 16.0 Å². The predicted molar refractivity (Wildman–Crippen MR) is 112 cm³/mol. The van der Waals surface area contributed by atoms with Crippen molar-refractivity contribution in [1.29, 1.82) is 5.26 Å². The van der Waals surface area contributed by atoms with E-state index in [-0.39, 0.29) is 28.1 Å². The minimum atomic E-state index is -0.541. The Bertz CT molecular complexity index is 1160. The van der Waals surface area contributed by atoms with Crippen molar-refractivity contribution in [3.63, 3.8) is 0 Å². The first-order valence-corrected chi connectivity index (χ1v) is 9.28. The Kier molecular flexibility index (Phi) is 6.30. The van der Waals surface area contributed by atoms with E-state index in [9.17, 15) is 20.2 Å². The number of nitro groups is 1. The zero-order valence-corrected chi connectivity index (χ0v) is 16.6. The van der Waals surface area contributed by atoms with E-state index >= 15 is 0 Å². The van der Waals surface area contributed by atoms with Gasteiger partial charge in [0.05, 0.1) is 16.0 Å². The second-order valence-electron chi connectivity index (χ2n) is 6.40. The fourth-order valence-electron chi connectivity index (χ4n) is 2.78. The summed E-state index contributed by atoms with van der Waals surface area (Å²) in [6, 6.07) is 18.2. The Morgan fingerprint density at radius 1 is 1.23 bits per heavy atom. The van der Waals surface area contributed by atoms with Crippen LogP contribution in [0.4, 0.5) is 5.69 Å². The summed E-state index contributed by atoms with van der Waals surface area (Å²) in [4.78, 5) is 22.8. The number of halogens is 1. The molecule has 150 valence electrons. The molecule has 0 fully saturated rings. The van der Waals surface area contributed by atoms with Crippen molar-refractivity contribution >= 4 is 29.3 Å². The van der Waals surface area contributed by atoms with E-state index in [0.29, 0.717) is 11.3 Å². The lowest BCUT2D eigenvalue weighted by molar-refractivity contribution is -0.384. The first kappa shape index (κ1) is 20.8. The minimum Gasteiger partial charge on any atom is -0.457 e. The first-order valence-electron chi connectivity index (χ1n) is 8.91. The van der Waals surface area contributed by atoms with Crippen molar-refractivity contribution < 1.29 is 14.1 Å². The maximum Gasteiger partial charge on any atom is 0.270 e. The van der Waals surface area contributed by atoms with Crippen molar-refractivity contribution in [2.24, 2.45) is 0 Å². The highest BCUT2D eigenvalue weighted by Gasteiger charge is 2.16. The summed E-state index contributed by atoms with van der Waals surface area (Å²) in [6.07, 6.45) is 1.33. The molecule has 7 nitrogen and oxygen atoms in total. The average Bonchev–Trinajstić information content (AvgIpc) is 3.20. The number of carbonyl (C=O) groups is 1. The second-order valence-corrected chi connectivity index (χ2v) is 6.81. The molecule has 0 aliphatic rings. The smallest absolute Gasteiger partial charge is 0.270 e. The first-order chi connectivity index (χ1) is 14.4. The number of benzene rings is 2. The maximum absolute atomic E-state index is 12.5. The van der Waals surface area contributed by atoms with Gasteiger partial charge in [0.25, 0.3) is 11.6 Å². The normalized spacial score (nSPS) is 12.1. The van der Waals surface area contributed by atoms with Crippen LogP contribution >= 0.6 is 11.6 Å². The molecule has 0 unspecified atom stereocenters. The highest BCUT2D eigenvalue weighted by atomic mass is 35.5. The molecule has 0 aliphatic carbocycles. The third-order valence-electron chi connectivity index (χ3n) is 4.35. The molecule has 1 aromatic heterocycles. The zero-order chi connectivity index (χ0) is 21.7. The second kappa shape index (κ2) is 9.07. The van der Waals surface area contributed by atoms with Crippen LogP contribution in [0.1, 0.15) is 24.3 Å². The van der Waals surface area contributed by atoms with Gasteiger partial charge in [-0.2, -0.15) is 5.26 Å². The van der Waals surface area contributed by atoms with Gasteiger partial charge in [0.1, 0.15) is 23.2 Å². The van der Waals surface area contributed by atoms with Crippen LogP contribution in [0.2, 0.25) is 5.02 Å². The predicted octanol–water partition coefficient (Wildman–Crippen LogP) is 5.29. The van der Waals surface area contributed by atoms with Crippen LogP contribution in [0.15, 0.2) is 70.7 Å². The Hall–Kier alpha value is -3.89. The molecule has 0 aliphatic heterocycles. The topological polar surface area (TPSA) is 109 Å². The number of hydrogen-bond acceptors (Lipinski definition) is 5. The summed E-state index contributed by atoms with van der Waals surface area (Å²) in [5.41, 5.74) is 1.12. The summed E-state index contributed by atoms with van der Waals surface area (Å²) in [7, 11) is 0. The van der Waals surface area contributed by atoms with Gasteiger partial charge in [-0.15, -0.1) is 0 Å². The van der Waals surface area contributed by atoms with Gasteiger partial charge < -0.3 is 9.73 Å². The fourth-order valence-corrected chi connectivity index (χ4v) is 3.05. The highest BCUT2D eigenvalue weighted by molar-refractivity contribution is 6.33. The largest absolute Gasteiger partial charge is 0.457 e. The summed E-state index contributed by atoms with van der Waals surface area (Å²) < 4.78 is 5.66. The Morgan fingerprint density at radius 2 is 1.97 bits per heavy atom. The lowest BCUT2D eigenvalue weighted by Crippen LogP contribution is -2.27.